The van der Waals surface area contributed by atoms with Crippen LogP contribution in [0, 0.1) is 18.4 Å². The molecule has 0 aromatic heterocycles. The number of hydrogen-bond donors (Lipinski definition) is 1. The average Bonchev–Trinajstić information content (AvgIpc) is 2.74. The Hall–Kier alpha value is -2.61. The minimum atomic E-state index is -0.592. The summed E-state index contributed by atoms with van der Waals surface area (Å²) in [5.74, 6) is -0.215. The largest absolute Gasteiger partial charge is 0.470 e. The van der Waals surface area contributed by atoms with E-state index in [9.17, 15) is 9.59 Å². The third-order valence-electron chi connectivity index (χ3n) is 5.19. The van der Waals surface area contributed by atoms with E-state index in [1.165, 1.54) is 6.08 Å². The molecule has 5 nitrogen and oxygen atoms in total. The van der Waals surface area contributed by atoms with Gasteiger partial charge in [0.25, 0.3) is 5.70 Å². The second-order valence-corrected chi connectivity index (χ2v) is 7.28. The summed E-state index contributed by atoms with van der Waals surface area (Å²) in [5, 5.41) is 2.95. The number of carbonyl (C=O) groups is 2. The van der Waals surface area contributed by atoms with Gasteiger partial charge in [0.2, 0.25) is 5.91 Å². The Morgan fingerprint density at radius 2 is 1.76 bits per heavy atom. The molecule has 0 fully saturated rings. The number of nitrogens with zero attached hydrogens (tertiary/aromatic N) is 1. The number of anilines is 1. The van der Waals surface area contributed by atoms with E-state index in [0.717, 1.165) is 38.5 Å². The quantitative estimate of drug-likeness (QED) is 0.264. The fourth-order valence-electron chi connectivity index (χ4n) is 2.96. The van der Waals surface area contributed by atoms with E-state index >= 15 is 0 Å². The number of benzene rings is 1. The van der Waals surface area contributed by atoms with Crippen LogP contribution >= 0.6 is 0 Å². The molecule has 1 N–H and O–H groups in total. The number of amides is 1. The van der Waals surface area contributed by atoms with Crippen LogP contribution in [0.3, 0.4) is 0 Å². The fraction of sp³-hybridized carbons (Fsp3) is 0.542. The maximum Gasteiger partial charge on any atom is 0.336 e. The Kier molecular flexibility index (Phi) is 11.4. The molecule has 0 aliphatic carbocycles. The average molecular weight is 399 g/mol. The first kappa shape index (κ1) is 24.4. The van der Waals surface area contributed by atoms with Gasteiger partial charge < -0.3 is 10.1 Å². The molecule has 1 rings (SSSR count). The molecule has 0 saturated heterocycles. The Morgan fingerprint density at radius 3 is 2.28 bits per heavy atom. The van der Waals surface area contributed by atoms with E-state index in [1.807, 2.05) is 6.92 Å². The molecule has 1 aromatic rings. The number of rotatable bonds is 12. The summed E-state index contributed by atoms with van der Waals surface area (Å²) in [6.45, 7) is 15.9. The lowest BCUT2D eigenvalue weighted by molar-refractivity contribution is -0.140. The maximum absolute atomic E-state index is 12.4. The van der Waals surface area contributed by atoms with Gasteiger partial charge in [0.05, 0.1) is 13.2 Å². The van der Waals surface area contributed by atoms with E-state index in [-0.39, 0.29) is 17.5 Å². The van der Waals surface area contributed by atoms with Gasteiger partial charge in [-0.25, -0.2) is 4.85 Å². The van der Waals surface area contributed by atoms with Crippen molar-refractivity contribution in [3.63, 3.8) is 0 Å². The lowest BCUT2D eigenvalue weighted by Gasteiger charge is -2.14. The zero-order valence-corrected chi connectivity index (χ0v) is 18.2. The van der Waals surface area contributed by atoms with Crippen LogP contribution in [0.1, 0.15) is 71.8 Å². The highest BCUT2D eigenvalue weighted by Crippen LogP contribution is 2.18. The molecular formula is C24H34N2O3. The zero-order valence-electron chi connectivity index (χ0n) is 18.2. The summed E-state index contributed by atoms with van der Waals surface area (Å²) in [5.41, 5.74) is 1.38. The summed E-state index contributed by atoms with van der Waals surface area (Å²) >= 11 is 0. The third-order valence-corrected chi connectivity index (χ3v) is 5.19. The van der Waals surface area contributed by atoms with Gasteiger partial charge >= 0.3 is 5.97 Å². The van der Waals surface area contributed by atoms with Crippen LogP contribution in [0.15, 0.2) is 30.0 Å². The van der Waals surface area contributed by atoms with Crippen LogP contribution in [0.4, 0.5) is 5.69 Å². The van der Waals surface area contributed by atoms with Crippen LogP contribution in [0.2, 0.25) is 0 Å². The van der Waals surface area contributed by atoms with Gasteiger partial charge in [-0.1, -0.05) is 65.5 Å². The van der Waals surface area contributed by atoms with Crippen LogP contribution in [0.5, 0.6) is 0 Å². The number of esters is 1. The van der Waals surface area contributed by atoms with Crippen LogP contribution < -0.4 is 5.32 Å². The fourth-order valence-corrected chi connectivity index (χ4v) is 2.96. The summed E-state index contributed by atoms with van der Waals surface area (Å²) < 4.78 is 5.28. The van der Waals surface area contributed by atoms with Gasteiger partial charge in [-0.2, -0.15) is 0 Å². The first-order chi connectivity index (χ1) is 14.0. The number of unbranched alkanes of at least 4 members (excludes halogenated alkanes) is 1. The second-order valence-electron chi connectivity index (χ2n) is 7.28. The Balaban J connectivity index is 2.74. The molecule has 5 heteroatoms. The van der Waals surface area contributed by atoms with Gasteiger partial charge in [0, 0.05) is 11.6 Å². The van der Waals surface area contributed by atoms with Gasteiger partial charge in [0.1, 0.15) is 0 Å². The molecule has 0 saturated carbocycles. The lowest BCUT2D eigenvalue weighted by atomic mass is 9.98. The molecule has 0 bridgehead atoms. The summed E-state index contributed by atoms with van der Waals surface area (Å²) in [6.07, 6.45) is 7.23. The lowest BCUT2D eigenvalue weighted by Crippen LogP contribution is -2.22. The molecule has 1 atom stereocenters. The van der Waals surface area contributed by atoms with E-state index < -0.39 is 5.97 Å². The van der Waals surface area contributed by atoms with Crippen LogP contribution in [-0.2, 0) is 14.3 Å². The third kappa shape index (κ3) is 8.51. The van der Waals surface area contributed by atoms with Crippen molar-refractivity contribution < 1.29 is 14.3 Å². The number of ether oxygens (including phenoxy) is 1. The Labute approximate surface area is 175 Å². The molecular weight excluding hydrogens is 364 g/mol. The molecule has 0 heterocycles. The number of carbonyl (C=O) groups excluding carboxylic acids is 2. The first-order valence-electron chi connectivity index (χ1n) is 10.7. The van der Waals surface area contributed by atoms with Crippen molar-refractivity contribution >= 4 is 23.6 Å². The molecule has 1 amide bonds. The van der Waals surface area contributed by atoms with E-state index in [4.69, 9.17) is 11.3 Å². The second kappa shape index (κ2) is 13.5. The van der Waals surface area contributed by atoms with Gasteiger partial charge in [-0.05, 0) is 42.5 Å². The van der Waals surface area contributed by atoms with Crippen molar-refractivity contribution in [3.8, 4) is 0 Å². The molecule has 1 unspecified atom stereocenters. The number of hydrogen-bond acceptors (Lipinski definition) is 3. The molecule has 0 spiro atoms. The maximum atomic E-state index is 12.4. The number of nitrogens with one attached hydrogen (secondary N) is 1. The highest BCUT2D eigenvalue weighted by Gasteiger charge is 2.16. The van der Waals surface area contributed by atoms with Gasteiger partial charge in [0.15, 0.2) is 0 Å². The van der Waals surface area contributed by atoms with Gasteiger partial charge in [-0.15, -0.1) is 0 Å². The molecule has 29 heavy (non-hydrogen) atoms. The van der Waals surface area contributed by atoms with Gasteiger partial charge in [-0.3, -0.25) is 9.59 Å². The van der Waals surface area contributed by atoms with Crippen LogP contribution in [-0.4, -0.2) is 18.5 Å². The Morgan fingerprint density at radius 1 is 1.10 bits per heavy atom. The van der Waals surface area contributed by atoms with Crippen molar-refractivity contribution in [2.24, 2.45) is 11.8 Å². The smallest absolute Gasteiger partial charge is 0.336 e. The Bertz CT molecular complexity index is 713. The normalized spacial score (nSPS) is 12.3. The predicted molar refractivity (Wildman–Crippen MR) is 118 cm³/mol. The minimum Gasteiger partial charge on any atom is -0.470 e. The van der Waals surface area contributed by atoms with E-state index in [1.54, 1.807) is 24.3 Å². The molecule has 0 radical (unpaired) electrons. The zero-order chi connectivity index (χ0) is 21.6. The standard InChI is InChI=1S/C24H34N2O3/c1-6-10-11-20(9-4)23(27)26-21-14-12-19(13-15-21)16-22(25-5)24(28)29-17-18(7-2)8-3/h12-16,18,20H,6-11,17H2,1-4H3,(H,26,27). The highest BCUT2D eigenvalue weighted by atomic mass is 16.5. The summed E-state index contributed by atoms with van der Waals surface area (Å²) in [7, 11) is 0. The summed E-state index contributed by atoms with van der Waals surface area (Å²) in [6, 6.07) is 7.13. The SMILES string of the molecule is [C-]#[N+]C(=Cc1ccc(NC(=O)C(CC)CCCC)cc1)C(=O)OCC(CC)CC. The molecule has 158 valence electrons. The first-order valence-corrected chi connectivity index (χ1v) is 10.7. The van der Waals surface area contributed by atoms with Crippen molar-refractivity contribution in [2.75, 3.05) is 11.9 Å². The van der Waals surface area contributed by atoms with E-state index in [2.05, 4.69) is 30.9 Å². The predicted octanol–water partition coefficient (Wildman–Crippen LogP) is 6.08. The molecule has 1 aromatic carbocycles. The highest BCUT2D eigenvalue weighted by molar-refractivity contribution is 5.96. The van der Waals surface area contributed by atoms with Crippen molar-refractivity contribution in [2.45, 2.75) is 66.2 Å². The molecule has 0 aliphatic heterocycles. The monoisotopic (exact) mass is 398 g/mol. The summed E-state index contributed by atoms with van der Waals surface area (Å²) in [4.78, 5) is 27.9. The van der Waals surface area contributed by atoms with Crippen molar-refractivity contribution in [3.05, 3.63) is 46.9 Å². The minimum absolute atomic E-state index is 0.0214. The van der Waals surface area contributed by atoms with Crippen LogP contribution in [0.25, 0.3) is 10.9 Å². The topological polar surface area (TPSA) is 59.8 Å². The molecule has 0 aliphatic rings. The van der Waals surface area contributed by atoms with Crippen molar-refractivity contribution in [1.29, 1.82) is 0 Å². The van der Waals surface area contributed by atoms with E-state index in [0.29, 0.717) is 23.8 Å². The van der Waals surface area contributed by atoms with Crippen molar-refractivity contribution in [1.82, 2.24) is 0 Å².